The van der Waals surface area contributed by atoms with Crippen molar-refractivity contribution in [1.82, 2.24) is 4.90 Å². The molecule has 32 heavy (non-hydrogen) atoms. The molecule has 2 fully saturated rings. The van der Waals surface area contributed by atoms with E-state index in [1.165, 1.54) is 12.1 Å². The predicted octanol–water partition coefficient (Wildman–Crippen LogP) is 6.54. The zero-order chi connectivity index (χ0) is 23.0. The van der Waals surface area contributed by atoms with Gasteiger partial charge in [0, 0.05) is 10.9 Å². The molecule has 3 nitrogen and oxygen atoms in total. The quantitative estimate of drug-likeness (QED) is 0.461. The fourth-order valence-corrected chi connectivity index (χ4v) is 5.55. The summed E-state index contributed by atoms with van der Waals surface area (Å²) in [5.74, 6) is -0.436. The van der Waals surface area contributed by atoms with Gasteiger partial charge in [0.15, 0.2) is 0 Å². The first-order valence-electron chi connectivity index (χ1n) is 11.0. The van der Waals surface area contributed by atoms with Gasteiger partial charge < -0.3 is 10.0 Å². The van der Waals surface area contributed by atoms with Crippen LogP contribution in [0.5, 0.6) is 0 Å². The highest BCUT2D eigenvalue weighted by Crippen LogP contribution is 2.54. The summed E-state index contributed by atoms with van der Waals surface area (Å²) in [6, 6.07) is 11.6. The Balaban J connectivity index is 1.91. The maximum Gasteiger partial charge on any atom is 0.229 e. The van der Waals surface area contributed by atoms with Crippen LogP contribution in [-0.4, -0.2) is 28.6 Å². The standard InChI is InChI=1S/C26H28Cl2FNO2/c1-3-11-26(2)14-20(17-5-4-6-19(27)12-17)24(18-9-10-21(28)22(29)13-18)30(25(26)32)23(15-31)16-7-8-16/h3-6,9-10,12-13,16,20,23-24,31H,1,7-8,11,14-15H2,2H3. The first-order valence-corrected chi connectivity index (χ1v) is 11.8. The Morgan fingerprint density at radius 1 is 1.25 bits per heavy atom. The highest BCUT2D eigenvalue weighted by Gasteiger charge is 2.53. The molecule has 170 valence electrons. The van der Waals surface area contributed by atoms with Crippen LogP contribution < -0.4 is 0 Å². The molecule has 1 heterocycles. The van der Waals surface area contributed by atoms with Gasteiger partial charge in [-0.2, -0.15) is 0 Å². The van der Waals surface area contributed by atoms with E-state index in [-0.39, 0.29) is 35.4 Å². The zero-order valence-corrected chi connectivity index (χ0v) is 19.6. The van der Waals surface area contributed by atoms with Crippen molar-refractivity contribution in [2.45, 2.75) is 50.6 Å². The molecule has 1 aliphatic carbocycles. The van der Waals surface area contributed by atoms with Crippen molar-refractivity contribution < 1.29 is 14.3 Å². The van der Waals surface area contributed by atoms with E-state index in [2.05, 4.69) is 6.58 Å². The Hall–Kier alpha value is -1.88. The number of carbonyl (C=O) groups excluding carboxylic acids is 1. The number of aliphatic hydroxyl groups excluding tert-OH is 1. The summed E-state index contributed by atoms with van der Waals surface area (Å²) >= 11 is 12.3. The molecule has 1 N–H and O–H groups in total. The Morgan fingerprint density at radius 3 is 2.59 bits per heavy atom. The van der Waals surface area contributed by atoms with Crippen molar-refractivity contribution in [2.75, 3.05) is 6.61 Å². The lowest BCUT2D eigenvalue weighted by molar-refractivity contribution is -0.156. The average Bonchev–Trinajstić information content (AvgIpc) is 3.59. The minimum absolute atomic E-state index is 0.0259. The maximum atomic E-state index is 14.6. The van der Waals surface area contributed by atoms with Crippen molar-refractivity contribution in [3.63, 3.8) is 0 Å². The lowest BCUT2D eigenvalue weighted by Gasteiger charge is -2.52. The molecule has 0 aromatic heterocycles. The van der Waals surface area contributed by atoms with E-state index in [1.807, 2.05) is 36.1 Å². The number of nitrogens with zero attached hydrogens (tertiary/aromatic N) is 1. The number of likely N-dealkylation sites (tertiary alicyclic amines) is 1. The normalized spacial score (nSPS) is 26.8. The van der Waals surface area contributed by atoms with Crippen LogP contribution in [0.2, 0.25) is 10.0 Å². The molecular weight excluding hydrogens is 448 g/mol. The monoisotopic (exact) mass is 475 g/mol. The van der Waals surface area contributed by atoms with E-state index in [0.717, 1.165) is 18.4 Å². The summed E-state index contributed by atoms with van der Waals surface area (Å²) in [5, 5.41) is 11.0. The van der Waals surface area contributed by atoms with Gasteiger partial charge in [-0.15, -0.1) is 6.58 Å². The Kier molecular flexibility index (Phi) is 6.67. The van der Waals surface area contributed by atoms with Crippen molar-refractivity contribution >= 4 is 29.1 Å². The van der Waals surface area contributed by atoms with Crippen LogP contribution in [0.15, 0.2) is 55.1 Å². The molecule has 1 saturated carbocycles. The molecule has 0 spiro atoms. The molecule has 1 amide bonds. The third-order valence-electron chi connectivity index (χ3n) is 6.97. The molecule has 4 rings (SSSR count). The van der Waals surface area contributed by atoms with Gasteiger partial charge in [-0.1, -0.05) is 54.4 Å². The molecule has 0 radical (unpaired) electrons. The third-order valence-corrected chi connectivity index (χ3v) is 7.51. The van der Waals surface area contributed by atoms with Gasteiger partial charge in [0.25, 0.3) is 0 Å². The lowest BCUT2D eigenvalue weighted by Crippen LogP contribution is -2.57. The molecule has 4 atom stereocenters. The van der Waals surface area contributed by atoms with E-state index in [4.69, 9.17) is 23.2 Å². The van der Waals surface area contributed by atoms with E-state index < -0.39 is 17.3 Å². The Labute approximate surface area is 198 Å². The van der Waals surface area contributed by atoms with Crippen LogP contribution in [0.25, 0.3) is 0 Å². The predicted molar refractivity (Wildman–Crippen MR) is 126 cm³/mol. The summed E-state index contributed by atoms with van der Waals surface area (Å²) in [4.78, 5) is 15.8. The molecule has 1 saturated heterocycles. The summed E-state index contributed by atoms with van der Waals surface area (Å²) in [5.41, 5.74) is 0.974. The number of aliphatic hydroxyl groups is 1. The smallest absolute Gasteiger partial charge is 0.229 e. The number of piperidine rings is 1. The fourth-order valence-electron chi connectivity index (χ4n) is 5.23. The second kappa shape index (κ2) is 9.17. The van der Waals surface area contributed by atoms with Gasteiger partial charge in [-0.05, 0) is 67.0 Å². The number of benzene rings is 2. The molecule has 4 unspecified atom stereocenters. The van der Waals surface area contributed by atoms with Gasteiger partial charge in [-0.3, -0.25) is 4.79 Å². The molecule has 6 heteroatoms. The van der Waals surface area contributed by atoms with Gasteiger partial charge in [0.05, 0.1) is 29.1 Å². The average molecular weight is 476 g/mol. The molecular formula is C26H28Cl2FNO2. The number of amides is 1. The molecule has 2 aromatic rings. The Bertz CT molecular complexity index is 1020. The van der Waals surface area contributed by atoms with Crippen molar-refractivity contribution in [1.29, 1.82) is 0 Å². The van der Waals surface area contributed by atoms with E-state index in [0.29, 0.717) is 23.4 Å². The lowest BCUT2D eigenvalue weighted by atomic mass is 9.67. The van der Waals surface area contributed by atoms with Gasteiger partial charge in [-0.25, -0.2) is 4.39 Å². The minimum Gasteiger partial charge on any atom is -0.394 e. The highest BCUT2D eigenvalue weighted by molar-refractivity contribution is 6.31. The third kappa shape index (κ3) is 4.33. The largest absolute Gasteiger partial charge is 0.394 e. The zero-order valence-electron chi connectivity index (χ0n) is 18.1. The first-order chi connectivity index (χ1) is 15.3. The van der Waals surface area contributed by atoms with Crippen LogP contribution >= 0.6 is 23.2 Å². The number of carbonyl (C=O) groups is 1. The van der Waals surface area contributed by atoms with Crippen LogP contribution in [0, 0.1) is 17.2 Å². The van der Waals surface area contributed by atoms with Gasteiger partial charge in [0.2, 0.25) is 5.91 Å². The summed E-state index contributed by atoms with van der Waals surface area (Å²) in [7, 11) is 0. The SMILES string of the molecule is C=CCC1(C)CC(c2cccc(Cl)c2)C(c2ccc(Cl)c(F)c2)N(C(CO)C2CC2)C1=O. The minimum atomic E-state index is -0.682. The number of allylic oxidation sites excluding steroid dienone is 1. The van der Waals surface area contributed by atoms with E-state index >= 15 is 0 Å². The fraction of sp³-hybridized carbons (Fsp3) is 0.423. The number of halogens is 3. The van der Waals surface area contributed by atoms with E-state index in [9.17, 15) is 14.3 Å². The molecule has 2 aromatic carbocycles. The van der Waals surface area contributed by atoms with Crippen molar-refractivity contribution in [3.05, 3.63) is 82.1 Å². The van der Waals surface area contributed by atoms with Crippen LogP contribution in [-0.2, 0) is 4.79 Å². The van der Waals surface area contributed by atoms with Crippen molar-refractivity contribution in [3.8, 4) is 0 Å². The number of rotatable bonds is 7. The second-order valence-electron chi connectivity index (χ2n) is 9.34. The summed E-state index contributed by atoms with van der Waals surface area (Å²) in [6.45, 7) is 5.71. The Morgan fingerprint density at radius 2 is 2.00 bits per heavy atom. The maximum absolute atomic E-state index is 14.6. The molecule has 2 aliphatic rings. The number of hydrogen-bond donors (Lipinski definition) is 1. The van der Waals surface area contributed by atoms with Crippen LogP contribution in [0.3, 0.4) is 0 Å². The first kappa shape index (κ1) is 23.3. The summed E-state index contributed by atoms with van der Waals surface area (Å²) < 4.78 is 14.6. The van der Waals surface area contributed by atoms with Gasteiger partial charge in [0.1, 0.15) is 5.82 Å². The van der Waals surface area contributed by atoms with E-state index in [1.54, 1.807) is 12.1 Å². The van der Waals surface area contributed by atoms with Gasteiger partial charge >= 0.3 is 0 Å². The molecule has 1 aliphatic heterocycles. The number of hydrogen-bond acceptors (Lipinski definition) is 2. The molecule has 0 bridgehead atoms. The summed E-state index contributed by atoms with van der Waals surface area (Å²) in [6.07, 6.45) is 4.79. The highest BCUT2D eigenvalue weighted by atomic mass is 35.5. The second-order valence-corrected chi connectivity index (χ2v) is 10.2. The topological polar surface area (TPSA) is 40.5 Å². The van der Waals surface area contributed by atoms with Crippen LogP contribution in [0.1, 0.15) is 55.7 Å². The van der Waals surface area contributed by atoms with Crippen molar-refractivity contribution in [2.24, 2.45) is 11.3 Å². The van der Waals surface area contributed by atoms with Crippen LogP contribution in [0.4, 0.5) is 4.39 Å².